The Morgan fingerprint density at radius 3 is 2.71 bits per heavy atom. The molecule has 4 heteroatoms. The molecule has 1 aromatic heterocycles. The zero-order valence-corrected chi connectivity index (χ0v) is 12.8. The van der Waals surface area contributed by atoms with Crippen LogP contribution in [0.3, 0.4) is 0 Å². The topological polar surface area (TPSA) is 30.2 Å². The van der Waals surface area contributed by atoms with Crippen LogP contribution in [0, 0.1) is 13.8 Å². The average molecular weight is 293 g/mol. The second kappa shape index (κ2) is 5.60. The predicted octanol–water partition coefficient (Wildman–Crippen LogP) is 4.44. The first kappa shape index (κ1) is 13.7. The van der Waals surface area contributed by atoms with Crippen molar-refractivity contribution in [3.05, 3.63) is 59.4 Å². The van der Waals surface area contributed by atoms with Gasteiger partial charge in [0.15, 0.2) is 0 Å². The lowest BCUT2D eigenvalue weighted by Crippen LogP contribution is -2.04. The lowest BCUT2D eigenvalue weighted by atomic mass is 10.0. The third-order valence-electron chi connectivity index (χ3n) is 3.70. The fourth-order valence-corrected chi connectivity index (χ4v) is 2.73. The summed E-state index contributed by atoms with van der Waals surface area (Å²) in [6, 6.07) is 14.7. The van der Waals surface area contributed by atoms with Crippen LogP contribution >= 0.6 is 12.2 Å². The molecule has 0 saturated carbocycles. The molecule has 3 rings (SSSR count). The molecule has 0 bridgehead atoms. The highest BCUT2D eigenvalue weighted by Gasteiger charge is 2.11. The van der Waals surface area contributed by atoms with Crippen molar-refractivity contribution in [2.24, 2.45) is 4.99 Å². The quantitative estimate of drug-likeness (QED) is 0.528. The molecule has 0 aliphatic heterocycles. The molecule has 1 heterocycles. The molecule has 0 aliphatic carbocycles. The second-order valence-corrected chi connectivity index (χ2v) is 5.20. The summed E-state index contributed by atoms with van der Waals surface area (Å²) in [7, 11) is 0. The van der Waals surface area contributed by atoms with Gasteiger partial charge in [-0.1, -0.05) is 42.5 Å². The number of aliphatic imine (C=N–C) groups is 1. The number of isothiocyanates is 1. The van der Waals surface area contributed by atoms with E-state index >= 15 is 0 Å². The zero-order chi connectivity index (χ0) is 14.8. The largest absolute Gasteiger partial charge is 0.263 e. The van der Waals surface area contributed by atoms with Crippen LogP contribution in [0.4, 0.5) is 5.69 Å². The van der Waals surface area contributed by atoms with E-state index in [1.54, 1.807) is 0 Å². The van der Waals surface area contributed by atoms with Crippen LogP contribution in [0.25, 0.3) is 10.8 Å². The number of nitrogens with zero attached hydrogens (tertiary/aromatic N) is 3. The first-order valence-electron chi connectivity index (χ1n) is 6.79. The third kappa shape index (κ3) is 2.51. The SMILES string of the molecule is Cc1nn(Cc2cccc3ccccc23)c(C)c1N=C=S. The Balaban J connectivity index is 2.07. The molecular formula is C17H15N3S. The van der Waals surface area contributed by atoms with Crippen molar-refractivity contribution in [2.75, 3.05) is 0 Å². The number of hydrogen-bond acceptors (Lipinski definition) is 3. The van der Waals surface area contributed by atoms with Crippen molar-refractivity contribution in [1.82, 2.24) is 9.78 Å². The summed E-state index contributed by atoms with van der Waals surface area (Å²) >= 11 is 4.70. The summed E-state index contributed by atoms with van der Waals surface area (Å²) in [5.41, 5.74) is 3.96. The van der Waals surface area contributed by atoms with Gasteiger partial charge in [0, 0.05) is 0 Å². The molecule has 2 aromatic carbocycles. The third-order valence-corrected chi connectivity index (χ3v) is 3.79. The summed E-state index contributed by atoms with van der Waals surface area (Å²) in [5.74, 6) is 0. The summed E-state index contributed by atoms with van der Waals surface area (Å²) < 4.78 is 1.97. The molecule has 0 saturated heterocycles. The molecule has 0 amide bonds. The maximum atomic E-state index is 4.70. The first-order valence-corrected chi connectivity index (χ1v) is 7.20. The summed E-state index contributed by atoms with van der Waals surface area (Å²) in [4.78, 5) is 4.11. The standard InChI is InChI=1S/C17H15N3S/c1-12-17(18-11-21)13(2)20(19-12)10-15-8-5-7-14-6-3-4-9-16(14)15/h3-9H,10H2,1-2H3. The van der Waals surface area contributed by atoms with E-state index in [0.717, 1.165) is 23.6 Å². The van der Waals surface area contributed by atoms with Crippen molar-refractivity contribution in [3.63, 3.8) is 0 Å². The Morgan fingerprint density at radius 2 is 1.90 bits per heavy atom. The van der Waals surface area contributed by atoms with E-state index in [2.05, 4.69) is 57.7 Å². The van der Waals surface area contributed by atoms with Crippen LogP contribution in [-0.4, -0.2) is 14.9 Å². The Hall–Kier alpha value is -2.29. The van der Waals surface area contributed by atoms with Crippen LogP contribution < -0.4 is 0 Å². The highest BCUT2D eigenvalue weighted by atomic mass is 32.1. The summed E-state index contributed by atoms with van der Waals surface area (Å²) in [6.07, 6.45) is 0. The smallest absolute Gasteiger partial charge is 0.118 e. The minimum absolute atomic E-state index is 0.723. The van der Waals surface area contributed by atoms with Gasteiger partial charge in [0.25, 0.3) is 0 Å². The van der Waals surface area contributed by atoms with Gasteiger partial charge in [-0.2, -0.15) is 10.1 Å². The highest BCUT2D eigenvalue weighted by molar-refractivity contribution is 7.78. The van der Waals surface area contributed by atoms with Crippen LogP contribution in [0.5, 0.6) is 0 Å². The number of thiocarbonyl (C=S) groups is 1. The normalized spacial score (nSPS) is 10.6. The Bertz CT molecular complexity index is 852. The Morgan fingerprint density at radius 1 is 1.14 bits per heavy atom. The van der Waals surface area contributed by atoms with Gasteiger partial charge < -0.3 is 0 Å². The number of aromatic nitrogens is 2. The molecule has 0 spiro atoms. The molecule has 0 N–H and O–H groups in total. The van der Waals surface area contributed by atoms with Crippen molar-refractivity contribution in [1.29, 1.82) is 0 Å². The predicted molar refractivity (Wildman–Crippen MR) is 89.4 cm³/mol. The molecule has 0 radical (unpaired) electrons. The fourth-order valence-electron chi connectivity index (χ4n) is 2.64. The molecule has 3 aromatic rings. The fraction of sp³-hybridized carbons (Fsp3) is 0.176. The molecule has 3 nitrogen and oxygen atoms in total. The number of fused-ring (bicyclic) bond motifs is 1. The van der Waals surface area contributed by atoms with Gasteiger partial charge in [-0.3, -0.25) is 4.68 Å². The van der Waals surface area contributed by atoms with Gasteiger partial charge in [0.1, 0.15) is 5.69 Å². The van der Waals surface area contributed by atoms with Gasteiger partial charge >= 0.3 is 0 Å². The Kier molecular flexibility index (Phi) is 3.65. The molecule has 0 unspecified atom stereocenters. The minimum Gasteiger partial charge on any atom is -0.263 e. The van der Waals surface area contributed by atoms with Crippen molar-refractivity contribution >= 4 is 33.8 Å². The van der Waals surface area contributed by atoms with E-state index in [-0.39, 0.29) is 0 Å². The van der Waals surface area contributed by atoms with Gasteiger partial charge in [0.05, 0.1) is 23.1 Å². The highest BCUT2D eigenvalue weighted by Crippen LogP contribution is 2.25. The maximum Gasteiger partial charge on any atom is 0.118 e. The van der Waals surface area contributed by atoms with E-state index in [1.807, 2.05) is 18.5 Å². The summed E-state index contributed by atoms with van der Waals surface area (Å²) in [6.45, 7) is 4.68. The number of aryl methyl sites for hydroxylation is 1. The molecule has 21 heavy (non-hydrogen) atoms. The molecule has 0 fully saturated rings. The van der Waals surface area contributed by atoms with Crippen LogP contribution in [0.15, 0.2) is 47.5 Å². The zero-order valence-electron chi connectivity index (χ0n) is 12.0. The molecule has 0 aliphatic rings. The van der Waals surface area contributed by atoms with Gasteiger partial charge in [-0.05, 0) is 42.4 Å². The average Bonchev–Trinajstić information content (AvgIpc) is 2.76. The van der Waals surface area contributed by atoms with E-state index < -0.39 is 0 Å². The number of hydrogen-bond donors (Lipinski definition) is 0. The van der Waals surface area contributed by atoms with E-state index in [4.69, 9.17) is 12.2 Å². The second-order valence-electron chi connectivity index (χ2n) is 5.02. The van der Waals surface area contributed by atoms with Crippen molar-refractivity contribution in [3.8, 4) is 0 Å². The molecular weight excluding hydrogens is 278 g/mol. The minimum atomic E-state index is 0.723. The van der Waals surface area contributed by atoms with Crippen LogP contribution in [0.1, 0.15) is 17.0 Å². The van der Waals surface area contributed by atoms with Crippen molar-refractivity contribution in [2.45, 2.75) is 20.4 Å². The summed E-state index contributed by atoms with van der Waals surface area (Å²) in [5, 5.41) is 9.50. The van der Waals surface area contributed by atoms with Crippen LogP contribution in [0.2, 0.25) is 0 Å². The molecule has 104 valence electrons. The van der Waals surface area contributed by atoms with E-state index in [9.17, 15) is 0 Å². The van der Waals surface area contributed by atoms with E-state index in [1.165, 1.54) is 16.3 Å². The maximum absolute atomic E-state index is 4.70. The first-order chi connectivity index (χ1) is 10.2. The lowest BCUT2D eigenvalue weighted by molar-refractivity contribution is 0.662. The van der Waals surface area contributed by atoms with Gasteiger partial charge in [-0.15, -0.1) is 0 Å². The monoisotopic (exact) mass is 293 g/mol. The van der Waals surface area contributed by atoms with Crippen molar-refractivity contribution < 1.29 is 0 Å². The van der Waals surface area contributed by atoms with E-state index in [0.29, 0.717) is 0 Å². The Labute approximate surface area is 128 Å². The van der Waals surface area contributed by atoms with Gasteiger partial charge in [-0.25, -0.2) is 0 Å². The molecule has 0 atom stereocenters. The van der Waals surface area contributed by atoms with Crippen LogP contribution in [-0.2, 0) is 6.54 Å². The van der Waals surface area contributed by atoms with Gasteiger partial charge in [0.2, 0.25) is 0 Å². The number of rotatable bonds is 3. The lowest BCUT2D eigenvalue weighted by Gasteiger charge is -2.08. The number of benzene rings is 2.